The Bertz CT molecular complexity index is 107. The summed E-state index contributed by atoms with van der Waals surface area (Å²) in [7, 11) is 1.74. The number of rotatable bonds is 6. The summed E-state index contributed by atoms with van der Waals surface area (Å²) in [6.45, 7) is 9.06. The van der Waals surface area contributed by atoms with E-state index in [-0.39, 0.29) is 0 Å². The molecule has 2 N–H and O–H groups in total. The Morgan fingerprint density at radius 2 is 1.92 bits per heavy atom. The lowest BCUT2D eigenvalue weighted by atomic mass is 10.2. The van der Waals surface area contributed by atoms with Crippen molar-refractivity contribution in [2.24, 2.45) is 5.73 Å². The number of methoxy groups -OCH3 is 1. The fourth-order valence-electron chi connectivity index (χ4n) is 1.13. The Morgan fingerprint density at radius 3 is 2.25 bits per heavy atom. The molecule has 1 atom stereocenters. The minimum atomic E-state index is 0.291. The Hall–Kier alpha value is -0.120. The van der Waals surface area contributed by atoms with Crippen molar-refractivity contribution in [3.8, 4) is 0 Å². The maximum absolute atomic E-state index is 5.50. The smallest absolute Gasteiger partial charge is 0.0670 e. The highest BCUT2D eigenvalue weighted by molar-refractivity contribution is 4.66. The summed E-state index contributed by atoms with van der Waals surface area (Å²) in [5, 5.41) is 0. The third-order valence-electron chi connectivity index (χ3n) is 2.04. The van der Waals surface area contributed by atoms with Crippen LogP contribution >= 0.6 is 0 Å². The van der Waals surface area contributed by atoms with Crippen LogP contribution in [0.2, 0.25) is 0 Å². The number of hydrogen-bond donors (Lipinski definition) is 1. The van der Waals surface area contributed by atoms with Crippen LogP contribution in [-0.4, -0.2) is 43.8 Å². The topological polar surface area (TPSA) is 38.5 Å². The maximum atomic E-state index is 5.50. The van der Waals surface area contributed by atoms with E-state index in [4.69, 9.17) is 10.5 Å². The average Bonchev–Trinajstić information content (AvgIpc) is 2.03. The molecule has 0 aromatic heterocycles. The van der Waals surface area contributed by atoms with Crippen molar-refractivity contribution < 1.29 is 4.74 Å². The van der Waals surface area contributed by atoms with E-state index in [1.54, 1.807) is 7.11 Å². The van der Waals surface area contributed by atoms with E-state index in [1.807, 2.05) is 0 Å². The normalized spacial score (nSPS) is 14.2. The molecule has 0 amide bonds. The molecule has 0 aromatic carbocycles. The summed E-state index contributed by atoms with van der Waals surface area (Å²) < 4.78 is 5.19. The first-order valence-corrected chi connectivity index (χ1v) is 4.58. The first-order valence-electron chi connectivity index (χ1n) is 4.58. The van der Waals surface area contributed by atoms with E-state index < -0.39 is 0 Å². The lowest BCUT2D eigenvalue weighted by Crippen LogP contribution is -2.40. The second-order valence-electron chi connectivity index (χ2n) is 3.42. The monoisotopic (exact) mass is 174 g/mol. The van der Waals surface area contributed by atoms with Crippen LogP contribution in [0.4, 0.5) is 0 Å². The quantitative estimate of drug-likeness (QED) is 0.644. The van der Waals surface area contributed by atoms with Crippen molar-refractivity contribution in [3.63, 3.8) is 0 Å². The number of hydrogen-bond acceptors (Lipinski definition) is 3. The largest absolute Gasteiger partial charge is 0.380 e. The molecule has 0 saturated carbocycles. The molecular weight excluding hydrogens is 152 g/mol. The zero-order valence-electron chi connectivity index (χ0n) is 8.71. The van der Waals surface area contributed by atoms with Gasteiger partial charge in [0.1, 0.15) is 0 Å². The SMILES string of the molecule is COC(C)CN(CCN)C(C)C. The average molecular weight is 174 g/mol. The minimum Gasteiger partial charge on any atom is -0.380 e. The van der Waals surface area contributed by atoms with Gasteiger partial charge in [-0.15, -0.1) is 0 Å². The highest BCUT2D eigenvalue weighted by atomic mass is 16.5. The zero-order chi connectivity index (χ0) is 9.56. The van der Waals surface area contributed by atoms with E-state index >= 15 is 0 Å². The van der Waals surface area contributed by atoms with Gasteiger partial charge < -0.3 is 10.5 Å². The summed E-state index contributed by atoms with van der Waals surface area (Å²) in [6.07, 6.45) is 0.291. The summed E-state index contributed by atoms with van der Waals surface area (Å²) in [5.74, 6) is 0. The molecule has 1 unspecified atom stereocenters. The van der Waals surface area contributed by atoms with Crippen LogP contribution < -0.4 is 5.73 Å². The molecule has 0 aliphatic carbocycles. The van der Waals surface area contributed by atoms with Crippen molar-refractivity contribution in [3.05, 3.63) is 0 Å². The van der Waals surface area contributed by atoms with Crippen LogP contribution in [0.3, 0.4) is 0 Å². The van der Waals surface area contributed by atoms with Gasteiger partial charge in [0.15, 0.2) is 0 Å². The van der Waals surface area contributed by atoms with Crippen molar-refractivity contribution in [2.45, 2.75) is 32.9 Å². The molecule has 0 aliphatic rings. The molecule has 0 fully saturated rings. The highest BCUT2D eigenvalue weighted by Gasteiger charge is 2.11. The Kier molecular flexibility index (Phi) is 6.34. The van der Waals surface area contributed by atoms with Crippen LogP contribution in [0.1, 0.15) is 20.8 Å². The predicted octanol–water partition coefficient (Wildman–Crippen LogP) is 0.690. The molecule has 0 bridgehead atoms. The molecule has 3 nitrogen and oxygen atoms in total. The molecule has 0 heterocycles. The maximum Gasteiger partial charge on any atom is 0.0670 e. The van der Waals surface area contributed by atoms with Gasteiger partial charge in [0, 0.05) is 32.8 Å². The molecule has 12 heavy (non-hydrogen) atoms. The van der Waals surface area contributed by atoms with E-state index in [2.05, 4.69) is 25.7 Å². The van der Waals surface area contributed by atoms with Gasteiger partial charge in [-0.25, -0.2) is 0 Å². The first-order chi connectivity index (χ1) is 5.61. The first kappa shape index (κ1) is 11.9. The van der Waals surface area contributed by atoms with Gasteiger partial charge in [0.05, 0.1) is 6.10 Å². The van der Waals surface area contributed by atoms with Crippen molar-refractivity contribution >= 4 is 0 Å². The molecule has 0 rings (SSSR count). The number of ether oxygens (including phenoxy) is 1. The van der Waals surface area contributed by atoms with Crippen molar-refractivity contribution in [1.29, 1.82) is 0 Å². The minimum absolute atomic E-state index is 0.291. The molecule has 0 spiro atoms. The highest BCUT2D eigenvalue weighted by Crippen LogP contribution is 2.00. The van der Waals surface area contributed by atoms with Gasteiger partial charge >= 0.3 is 0 Å². The van der Waals surface area contributed by atoms with Crippen LogP contribution in [0.5, 0.6) is 0 Å². The molecule has 0 aromatic rings. The van der Waals surface area contributed by atoms with Gasteiger partial charge in [0.2, 0.25) is 0 Å². The van der Waals surface area contributed by atoms with Crippen molar-refractivity contribution in [1.82, 2.24) is 4.90 Å². The molecule has 0 radical (unpaired) electrons. The molecule has 0 aliphatic heterocycles. The summed E-state index contributed by atoms with van der Waals surface area (Å²) >= 11 is 0. The molecule has 74 valence electrons. The standard InChI is InChI=1S/C9H22N2O/c1-8(2)11(6-5-10)7-9(3)12-4/h8-9H,5-7,10H2,1-4H3. The molecule has 0 saturated heterocycles. The summed E-state index contributed by atoms with van der Waals surface area (Å²) in [4.78, 5) is 2.33. The van der Waals surface area contributed by atoms with Gasteiger partial charge in [-0.2, -0.15) is 0 Å². The van der Waals surface area contributed by atoms with Gasteiger partial charge in [-0.1, -0.05) is 0 Å². The summed E-state index contributed by atoms with van der Waals surface area (Å²) in [5.41, 5.74) is 5.50. The predicted molar refractivity (Wildman–Crippen MR) is 52.2 cm³/mol. The molecular formula is C9H22N2O. The van der Waals surface area contributed by atoms with Crippen LogP contribution in [0.25, 0.3) is 0 Å². The van der Waals surface area contributed by atoms with Crippen LogP contribution in [0.15, 0.2) is 0 Å². The van der Waals surface area contributed by atoms with E-state index in [9.17, 15) is 0 Å². The van der Waals surface area contributed by atoms with E-state index in [1.165, 1.54) is 0 Å². The molecule has 3 heteroatoms. The Balaban J connectivity index is 3.77. The zero-order valence-corrected chi connectivity index (χ0v) is 8.71. The lowest BCUT2D eigenvalue weighted by Gasteiger charge is -2.28. The second kappa shape index (κ2) is 6.40. The third-order valence-corrected chi connectivity index (χ3v) is 2.04. The third kappa shape index (κ3) is 4.70. The Labute approximate surface area is 75.9 Å². The Morgan fingerprint density at radius 1 is 1.33 bits per heavy atom. The fraction of sp³-hybridized carbons (Fsp3) is 1.00. The van der Waals surface area contributed by atoms with Crippen LogP contribution in [0, 0.1) is 0 Å². The second-order valence-corrected chi connectivity index (χ2v) is 3.42. The van der Waals surface area contributed by atoms with E-state index in [0.717, 1.165) is 13.1 Å². The van der Waals surface area contributed by atoms with E-state index in [0.29, 0.717) is 18.7 Å². The summed E-state index contributed by atoms with van der Waals surface area (Å²) in [6, 6.07) is 0.547. The lowest BCUT2D eigenvalue weighted by molar-refractivity contribution is 0.0670. The van der Waals surface area contributed by atoms with Gasteiger partial charge in [-0.05, 0) is 20.8 Å². The van der Waals surface area contributed by atoms with Gasteiger partial charge in [0.25, 0.3) is 0 Å². The van der Waals surface area contributed by atoms with Crippen LogP contribution in [-0.2, 0) is 4.74 Å². The van der Waals surface area contributed by atoms with Crippen molar-refractivity contribution in [2.75, 3.05) is 26.7 Å². The fourth-order valence-corrected chi connectivity index (χ4v) is 1.13. The number of nitrogens with two attached hydrogens (primary N) is 1. The number of nitrogens with zero attached hydrogens (tertiary/aromatic N) is 1. The van der Waals surface area contributed by atoms with Gasteiger partial charge in [-0.3, -0.25) is 4.90 Å².